The number of Topliss-reactive ketones (excluding diaryl/α,β-unsaturated/α-hetero) is 1. The van der Waals surface area contributed by atoms with Gasteiger partial charge in [0, 0.05) is 26.2 Å². The van der Waals surface area contributed by atoms with Gasteiger partial charge >= 0.3 is 11.9 Å². The van der Waals surface area contributed by atoms with Crippen LogP contribution in [0.4, 0.5) is 0 Å². The van der Waals surface area contributed by atoms with E-state index in [0.717, 1.165) is 32.1 Å². The van der Waals surface area contributed by atoms with E-state index in [0.29, 0.717) is 31.7 Å². The van der Waals surface area contributed by atoms with Gasteiger partial charge in [-0.15, -0.1) is 0 Å². The highest BCUT2D eigenvalue weighted by Crippen LogP contribution is 2.15. The highest BCUT2D eigenvalue weighted by atomic mass is 16.5. The van der Waals surface area contributed by atoms with Gasteiger partial charge in [0.25, 0.3) is 0 Å². The van der Waals surface area contributed by atoms with Crippen molar-refractivity contribution in [3.63, 3.8) is 0 Å². The summed E-state index contributed by atoms with van der Waals surface area (Å²) in [5, 5.41) is 0. The Kier molecular flexibility index (Phi) is 25.1. The lowest BCUT2D eigenvalue weighted by atomic mass is 10.0. The molecule has 0 aromatic rings. The van der Waals surface area contributed by atoms with E-state index in [2.05, 4.69) is 4.74 Å². The standard InChI is InChI=1S/C29H54O5/c1-27(30)34-26-22-21-24-28(31)23-19-17-15-13-11-9-7-5-3-4-6-8-10-12-14-16-18-20-25-29(32)33-2/h3-26H2,1-2H3. The molecule has 0 heterocycles. The summed E-state index contributed by atoms with van der Waals surface area (Å²) in [4.78, 5) is 33.5. The molecule has 0 N–H and O–H groups in total. The maximum absolute atomic E-state index is 11.8. The molecule has 0 bridgehead atoms. The number of esters is 2. The number of carbonyl (C=O) groups excluding carboxylic acids is 3. The molecule has 0 aliphatic rings. The number of ether oxygens (including phenoxy) is 2. The van der Waals surface area contributed by atoms with Crippen LogP contribution in [0.1, 0.15) is 155 Å². The molecule has 0 aliphatic carbocycles. The second-order valence-electron chi connectivity index (χ2n) is 9.78. The topological polar surface area (TPSA) is 69.7 Å². The predicted octanol–water partition coefficient (Wildman–Crippen LogP) is 8.26. The first-order valence-corrected chi connectivity index (χ1v) is 14.3. The molecule has 5 heteroatoms. The van der Waals surface area contributed by atoms with Crippen LogP contribution < -0.4 is 0 Å². The maximum Gasteiger partial charge on any atom is 0.305 e. The summed E-state index contributed by atoms with van der Waals surface area (Å²) in [6.45, 7) is 1.85. The molecule has 0 radical (unpaired) electrons. The van der Waals surface area contributed by atoms with Crippen molar-refractivity contribution in [2.75, 3.05) is 13.7 Å². The van der Waals surface area contributed by atoms with E-state index in [-0.39, 0.29) is 11.9 Å². The van der Waals surface area contributed by atoms with Crippen molar-refractivity contribution in [1.29, 1.82) is 0 Å². The first kappa shape index (κ1) is 32.6. The number of hydrogen-bond acceptors (Lipinski definition) is 5. The number of methoxy groups -OCH3 is 1. The van der Waals surface area contributed by atoms with Gasteiger partial charge in [-0.2, -0.15) is 0 Å². The molecule has 0 aromatic carbocycles. The van der Waals surface area contributed by atoms with E-state index in [9.17, 15) is 14.4 Å². The maximum atomic E-state index is 11.8. The largest absolute Gasteiger partial charge is 0.469 e. The second-order valence-corrected chi connectivity index (χ2v) is 9.78. The van der Waals surface area contributed by atoms with Crippen LogP contribution in [-0.4, -0.2) is 31.4 Å². The lowest BCUT2D eigenvalue weighted by molar-refractivity contribution is -0.141. The number of ketones is 1. The zero-order valence-electron chi connectivity index (χ0n) is 22.5. The Labute approximate surface area is 210 Å². The van der Waals surface area contributed by atoms with Crippen molar-refractivity contribution in [1.82, 2.24) is 0 Å². The first-order valence-electron chi connectivity index (χ1n) is 14.3. The van der Waals surface area contributed by atoms with Crippen molar-refractivity contribution in [3.8, 4) is 0 Å². The average molecular weight is 483 g/mol. The summed E-state index contributed by atoms with van der Waals surface area (Å²) in [6, 6.07) is 0. The van der Waals surface area contributed by atoms with Crippen LogP contribution in [0, 0.1) is 0 Å². The predicted molar refractivity (Wildman–Crippen MR) is 140 cm³/mol. The SMILES string of the molecule is COC(=O)CCCCCCCCCCCCCCCCCCCCC(=O)CCCCOC(C)=O. The number of unbranched alkanes of at least 4 members (excludes halogenated alkanes) is 18. The minimum absolute atomic E-state index is 0.0805. The van der Waals surface area contributed by atoms with Gasteiger partial charge in [-0.05, 0) is 25.7 Å². The molecule has 0 spiro atoms. The Bertz CT molecular complexity index is 489. The molecule has 34 heavy (non-hydrogen) atoms. The summed E-state index contributed by atoms with van der Waals surface area (Å²) in [7, 11) is 1.46. The van der Waals surface area contributed by atoms with Crippen LogP contribution in [0.15, 0.2) is 0 Å². The monoisotopic (exact) mass is 482 g/mol. The smallest absolute Gasteiger partial charge is 0.305 e. The molecule has 0 fully saturated rings. The van der Waals surface area contributed by atoms with Gasteiger partial charge in [-0.3, -0.25) is 14.4 Å². The van der Waals surface area contributed by atoms with Crippen molar-refractivity contribution in [2.24, 2.45) is 0 Å². The highest BCUT2D eigenvalue weighted by molar-refractivity contribution is 5.78. The average Bonchev–Trinajstić information content (AvgIpc) is 2.82. The number of hydrogen-bond donors (Lipinski definition) is 0. The van der Waals surface area contributed by atoms with Gasteiger partial charge in [-0.25, -0.2) is 0 Å². The van der Waals surface area contributed by atoms with E-state index in [1.807, 2.05) is 0 Å². The van der Waals surface area contributed by atoms with E-state index in [4.69, 9.17) is 4.74 Å². The van der Waals surface area contributed by atoms with Gasteiger partial charge in [0.15, 0.2) is 0 Å². The molecule has 200 valence electrons. The molecule has 5 nitrogen and oxygen atoms in total. The Morgan fingerprint density at radius 2 is 0.794 bits per heavy atom. The van der Waals surface area contributed by atoms with Gasteiger partial charge < -0.3 is 9.47 Å². The Morgan fingerprint density at radius 3 is 1.15 bits per heavy atom. The molecule has 0 aromatic heterocycles. The molecule has 0 saturated heterocycles. The van der Waals surface area contributed by atoms with Crippen molar-refractivity contribution in [2.45, 2.75) is 155 Å². The fraction of sp³-hybridized carbons (Fsp3) is 0.897. The number of carbonyl (C=O) groups is 3. The third kappa shape index (κ3) is 26.9. The normalized spacial score (nSPS) is 10.9. The van der Waals surface area contributed by atoms with Gasteiger partial charge in [0.1, 0.15) is 5.78 Å². The van der Waals surface area contributed by atoms with Gasteiger partial charge in [0.2, 0.25) is 0 Å². The van der Waals surface area contributed by atoms with E-state index in [1.165, 1.54) is 110 Å². The fourth-order valence-corrected chi connectivity index (χ4v) is 4.29. The first-order chi connectivity index (χ1) is 16.6. The molecular weight excluding hydrogens is 428 g/mol. The summed E-state index contributed by atoms with van der Waals surface area (Å²) in [5.41, 5.74) is 0. The quantitative estimate of drug-likeness (QED) is 0.0916. The minimum atomic E-state index is -0.244. The Hall–Kier alpha value is -1.39. The second kappa shape index (κ2) is 26.2. The van der Waals surface area contributed by atoms with E-state index >= 15 is 0 Å². The molecule has 0 atom stereocenters. The van der Waals surface area contributed by atoms with Gasteiger partial charge in [-0.1, -0.05) is 103 Å². The molecule has 0 saturated carbocycles. The number of rotatable bonds is 26. The van der Waals surface area contributed by atoms with Crippen molar-refractivity contribution >= 4 is 17.7 Å². The van der Waals surface area contributed by atoms with Crippen LogP contribution in [0.3, 0.4) is 0 Å². The zero-order valence-corrected chi connectivity index (χ0v) is 22.5. The van der Waals surface area contributed by atoms with Gasteiger partial charge in [0.05, 0.1) is 13.7 Å². The minimum Gasteiger partial charge on any atom is -0.469 e. The lowest BCUT2D eigenvalue weighted by Gasteiger charge is -2.04. The van der Waals surface area contributed by atoms with Crippen molar-refractivity contribution < 1.29 is 23.9 Å². The zero-order chi connectivity index (χ0) is 25.1. The van der Waals surface area contributed by atoms with E-state index in [1.54, 1.807) is 0 Å². The summed E-state index contributed by atoms with van der Waals surface area (Å²) < 4.78 is 9.53. The third-order valence-corrected chi connectivity index (χ3v) is 6.47. The molecule has 0 amide bonds. The molecule has 0 aliphatic heterocycles. The summed E-state index contributed by atoms with van der Waals surface area (Å²) >= 11 is 0. The Balaban J connectivity index is 3.14. The van der Waals surface area contributed by atoms with Crippen LogP contribution in [0.5, 0.6) is 0 Å². The highest BCUT2D eigenvalue weighted by Gasteiger charge is 2.03. The summed E-state index contributed by atoms with van der Waals surface area (Å²) in [6.07, 6.45) is 26.6. The molecule has 0 rings (SSSR count). The molecular formula is C29H54O5. The van der Waals surface area contributed by atoms with Crippen molar-refractivity contribution in [3.05, 3.63) is 0 Å². The molecule has 0 unspecified atom stereocenters. The van der Waals surface area contributed by atoms with Crippen LogP contribution in [-0.2, 0) is 23.9 Å². The third-order valence-electron chi connectivity index (χ3n) is 6.47. The lowest BCUT2D eigenvalue weighted by Crippen LogP contribution is -2.02. The summed E-state index contributed by atoms with van der Waals surface area (Å²) in [5.74, 6) is 0.0320. The van der Waals surface area contributed by atoms with Crippen LogP contribution >= 0.6 is 0 Å². The van der Waals surface area contributed by atoms with E-state index < -0.39 is 0 Å². The Morgan fingerprint density at radius 1 is 0.471 bits per heavy atom. The van der Waals surface area contributed by atoms with Crippen LogP contribution in [0.25, 0.3) is 0 Å². The fourth-order valence-electron chi connectivity index (χ4n) is 4.29. The van der Waals surface area contributed by atoms with Crippen LogP contribution in [0.2, 0.25) is 0 Å².